The first-order chi connectivity index (χ1) is 6.81. The van der Waals surface area contributed by atoms with Gasteiger partial charge in [0, 0.05) is 5.56 Å². The van der Waals surface area contributed by atoms with E-state index in [9.17, 15) is 0 Å². The lowest BCUT2D eigenvalue weighted by molar-refractivity contribution is 1.14. The van der Waals surface area contributed by atoms with E-state index in [0.29, 0.717) is 5.15 Å². The number of aromatic nitrogens is 2. The summed E-state index contributed by atoms with van der Waals surface area (Å²) in [6, 6.07) is 8.21. The highest BCUT2D eigenvalue weighted by Crippen LogP contribution is 2.26. The molecule has 1 heterocycles. The van der Waals surface area contributed by atoms with Crippen LogP contribution in [0.4, 0.5) is 0 Å². The largest absolute Gasteiger partial charge is 0.171 e. The summed E-state index contributed by atoms with van der Waals surface area (Å²) < 4.78 is 8.10. The van der Waals surface area contributed by atoms with Crippen LogP contribution in [0.3, 0.4) is 0 Å². The Labute approximate surface area is 91.9 Å². The second-order valence-electron chi connectivity index (χ2n) is 2.96. The molecule has 0 aliphatic heterocycles. The van der Waals surface area contributed by atoms with E-state index in [2.05, 4.69) is 27.8 Å². The van der Waals surface area contributed by atoms with Crippen molar-refractivity contribution < 1.29 is 0 Å². The maximum atomic E-state index is 5.91. The van der Waals surface area contributed by atoms with Crippen LogP contribution >= 0.6 is 23.3 Å². The van der Waals surface area contributed by atoms with Crippen molar-refractivity contribution in [3.05, 3.63) is 35.0 Å². The van der Waals surface area contributed by atoms with Crippen molar-refractivity contribution in [3.8, 4) is 11.3 Å². The molecule has 0 atom stereocenters. The number of nitrogens with zero attached hydrogens (tertiary/aromatic N) is 2. The van der Waals surface area contributed by atoms with Crippen LogP contribution in [0, 0.1) is 0 Å². The summed E-state index contributed by atoms with van der Waals surface area (Å²) in [5.41, 5.74) is 3.11. The van der Waals surface area contributed by atoms with Gasteiger partial charge in [-0.3, -0.25) is 0 Å². The molecule has 0 radical (unpaired) electrons. The van der Waals surface area contributed by atoms with Gasteiger partial charge in [0.1, 0.15) is 5.69 Å². The quantitative estimate of drug-likeness (QED) is 0.781. The minimum atomic E-state index is 0.489. The van der Waals surface area contributed by atoms with Gasteiger partial charge < -0.3 is 0 Å². The van der Waals surface area contributed by atoms with Crippen LogP contribution in [0.25, 0.3) is 11.3 Å². The second-order valence-corrected chi connectivity index (χ2v) is 3.84. The average molecular weight is 225 g/mol. The van der Waals surface area contributed by atoms with Crippen LogP contribution in [-0.2, 0) is 6.42 Å². The zero-order valence-electron chi connectivity index (χ0n) is 7.70. The number of hydrogen-bond donors (Lipinski definition) is 0. The Bertz CT molecular complexity index is 439. The molecule has 2 aromatic rings. The first kappa shape index (κ1) is 9.62. The molecule has 0 bridgehead atoms. The topological polar surface area (TPSA) is 25.8 Å². The maximum Gasteiger partial charge on any atom is 0.170 e. The van der Waals surface area contributed by atoms with Crippen molar-refractivity contribution in [1.82, 2.24) is 8.75 Å². The zero-order valence-corrected chi connectivity index (χ0v) is 9.27. The molecule has 4 heteroatoms. The zero-order chi connectivity index (χ0) is 9.97. The van der Waals surface area contributed by atoms with E-state index in [0.717, 1.165) is 29.4 Å². The third-order valence-corrected chi connectivity index (χ3v) is 2.95. The van der Waals surface area contributed by atoms with Crippen LogP contribution in [-0.4, -0.2) is 8.75 Å². The molecule has 0 aliphatic rings. The first-order valence-corrected chi connectivity index (χ1v) is 5.49. The molecule has 0 aliphatic carbocycles. The Morgan fingerprint density at radius 2 is 2.21 bits per heavy atom. The van der Waals surface area contributed by atoms with Crippen molar-refractivity contribution >= 4 is 23.3 Å². The Hall–Kier alpha value is -0.930. The minimum absolute atomic E-state index is 0.489. The molecule has 0 saturated heterocycles. The van der Waals surface area contributed by atoms with E-state index in [1.807, 2.05) is 12.1 Å². The molecule has 0 N–H and O–H groups in total. The summed E-state index contributed by atoms with van der Waals surface area (Å²) in [4.78, 5) is 0. The molecule has 0 saturated carbocycles. The van der Waals surface area contributed by atoms with Gasteiger partial charge >= 0.3 is 0 Å². The Morgan fingerprint density at radius 3 is 2.86 bits per heavy atom. The Morgan fingerprint density at radius 1 is 1.36 bits per heavy atom. The van der Waals surface area contributed by atoms with Crippen LogP contribution in [0.15, 0.2) is 24.3 Å². The van der Waals surface area contributed by atoms with E-state index >= 15 is 0 Å². The van der Waals surface area contributed by atoms with Gasteiger partial charge in [-0.25, -0.2) is 0 Å². The van der Waals surface area contributed by atoms with Crippen LogP contribution in [0.5, 0.6) is 0 Å². The molecule has 1 aromatic carbocycles. The van der Waals surface area contributed by atoms with Gasteiger partial charge in [0.25, 0.3) is 0 Å². The first-order valence-electron chi connectivity index (χ1n) is 4.38. The number of benzene rings is 1. The van der Waals surface area contributed by atoms with Crippen molar-refractivity contribution in [1.29, 1.82) is 0 Å². The van der Waals surface area contributed by atoms with E-state index in [1.165, 1.54) is 5.56 Å². The van der Waals surface area contributed by atoms with E-state index in [-0.39, 0.29) is 0 Å². The molecule has 14 heavy (non-hydrogen) atoms. The fourth-order valence-corrected chi connectivity index (χ4v) is 2.05. The third kappa shape index (κ3) is 1.79. The minimum Gasteiger partial charge on any atom is -0.171 e. The summed E-state index contributed by atoms with van der Waals surface area (Å²) in [6.07, 6.45) is 1.02. The summed E-state index contributed by atoms with van der Waals surface area (Å²) >= 11 is 7.05. The van der Waals surface area contributed by atoms with Crippen molar-refractivity contribution in [2.24, 2.45) is 0 Å². The molecule has 0 fully saturated rings. The number of rotatable bonds is 2. The Kier molecular flexibility index (Phi) is 2.79. The lowest BCUT2D eigenvalue weighted by atomic mass is 10.1. The summed E-state index contributed by atoms with van der Waals surface area (Å²) in [5, 5.41) is 0.489. The smallest absolute Gasteiger partial charge is 0.170 e. The summed E-state index contributed by atoms with van der Waals surface area (Å²) in [5.74, 6) is 0. The molecule has 1 aromatic heterocycles. The van der Waals surface area contributed by atoms with Gasteiger partial charge in [-0.05, 0) is 18.1 Å². The highest BCUT2D eigenvalue weighted by atomic mass is 35.5. The highest BCUT2D eigenvalue weighted by molar-refractivity contribution is 6.99. The number of halogens is 1. The standard InChI is InChI=1S/C10H9ClN2S/c1-2-7-4-3-5-8(6-7)9-10(11)13-14-12-9/h3-6H,2H2,1H3. The molecule has 0 amide bonds. The highest BCUT2D eigenvalue weighted by Gasteiger charge is 2.07. The fraction of sp³-hybridized carbons (Fsp3) is 0.200. The lowest BCUT2D eigenvalue weighted by Gasteiger charge is -1.99. The predicted octanol–water partition coefficient (Wildman–Crippen LogP) is 3.42. The third-order valence-electron chi connectivity index (χ3n) is 2.06. The number of aryl methyl sites for hydroxylation is 1. The van der Waals surface area contributed by atoms with E-state index in [4.69, 9.17) is 11.6 Å². The monoisotopic (exact) mass is 224 g/mol. The fourth-order valence-electron chi connectivity index (χ4n) is 1.29. The number of hydrogen-bond acceptors (Lipinski definition) is 3. The van der Waals surface area contributed by atoms with Crippen LogP contribution < -0.4 is 0 Å². The molecule has 2 nitrogen and oxygen atoms in total. The van der Waals surface area contributed by atoms with Gasteiger partial charge in [-0.2, -0.15) is 8.75 Å². The average Bonchev–Trinajstić information content (AvgIpc) is 2.65. The van der Waals surface area contributed by atoms with Gasteiger partial charge in [0.15, 0.2) is 5.15 Å². The maximum absolute atomic E-state index is 5.91. The van der Waals surface area contributed by atoms with Gasteiger partial charge in [0.2, 0.25) is 0 Å². The molecular weight excluding hydrogens is 216 g/mol. The SMILES string of the molecule is CCc1cccc(-c2nsnc2Cl)c1. The molecule has 2 rings (SSSR count). The summed E-state index contributed by atoms with van der Waals surface area (Å²) in [6.45, 7) is 2.13. The molecule has 0 spiro atoms. The van der Waals surface area contributed by atoms with Gasteiger partial charge in [-0.1, -0.05) is 36.7 Å². The van der Waals surface area contributed by atoms with Crippen molar-refractivity contribution in [2.75, 3.05) is 0 Å². The lowest BCUT2D eigenvalue weighted by Crippen LogP contribution is -1.83. The molecule has 72 valence electrons. The van der Waals surface area contributed by atoms with Crippen molar-refractivity contribution in [2.45, 2.75) is 13.3 Å². The summed E-state index contributed by atoms with van der Waals surface area (Å²) in [7, 11) is 0. The Balaban J connectivity index is 2.47. The molecule has 0 unspecified atom stereocenters. The van der Waals surface area contributed by atoms with Gasteiger partial charge in [-0.15, -0.1) is 0 Å². The van der Waals surface area contributed by atoms with E-state index in [1.54, 1.807) is 0 Å². The molecular formula is C10H9ClN2S. The van der Waals surface area contributed by atoms with Crippen LogP contribution in [0.2, 0.25) is 5.15 Å². The van der Waals surface area contributed by atoms with Crippen molar-refractivity contribution in [3.63, 3.8) is 0 Å². The normalized spacial score (nSPS) is 10.4. The predicted molar refractivity (Wildman–Crippen MR) is 59.7 cm³/mol. The van der Waals surface area contributed by atoms with Gasteiger partial charge in [0.05, 0.1) is 11.7 Å². The second kappa shape index (κ2) is 4.07. The van der Waals surface area contributed by atoms with Crippen LogP contribution in [0.1, 0.15) is 12.5 Å². The van der Waals surface area contributed by atoms with E-state index < -0.39 is 0 Å².